The number of sulfonamides is 1. The van der Waals surface area contributed by atoms with Gasteiger partial charge in [0, 0.05) is 31.2 Å². The molecule has 0 radical (unpaired) electrons. The van der Waals surface area contributed by atoms with Crippen molar-refractivity contribution in [3.8, 4) is 0 Å². The van der Waals surface area contributed by atoms with Crippen molar-refractivity contribution in [2.75, 3.05) is 26.7 Å². The number of halogens is 1. The fraction of sp³-hybridized carbons (Fsp3) is 0.529. The van der Waals surface area contributed by atoms with Crippen LogP contribution in [0.15, 0.2) is 33.6 Å². The number of amidine groups is 1. The van der Waals surface area contributed by atoms with E-state index in [0.717, 1.165) is 32.4 Å². The molecule has 1 aromatic carbocycles. The van der Waals surface area contributed by atoms with Gasteiger partial charge in [0.15, 0.2) is 5.84 Å². The zero-order valence-corrected chi connectivity index (χ0v) is 16.2. The maximum absolute atomic E-state index is 12.9. The lowest BCUT2D eigenvalue weighted by Crippen LogP contribution is -2.47. The summed E-state index contributed by atoms with van der Waals surface area (Å²) in [6, 6.07) is 7.29. The molecular weight excluding hydrogens is 376 g/mol. The fourth-order valence-electron chi connectivity index (χ4n) is 4.11. The first kappa shape index (κ1) is 19.1. The van der Waals surface area contributed by atoms with Crippen LogP contribution in [0.2, 0.25) is 0 Å². The normalized spacial score (nSPS) is 25.7. The van der Waals surface area contributed by atoms with Gasteiger partial charge in [-0.25, -0.2) is 0 Å². The third-order valence-corrected chi connectivity index (χ3v) is 6.61. The van der Waals surface area contributed by atoms with Crippen molar-refractivity contribution in [2.45, 2.75) is 36.2 Å². The second kappa shape index (κ2) is 7.17. The van der Waals surface area contributed by atoms with Gasteiger partial charge in [-0.15, -0.1) is 16.8 Å². The van der Waals surface area contributed by atoms with E-state index >= 15 is 0 Å². The summed E-state index contributed by atoms with van der Waals surface area (Å²) in [6.07, 6.45) is 3.06. The Balaban J connectivity index is 0.00000196. The minimum atomic E-state index is -3.66. The van der Waals surface area contributed by atoms with Crippen molar-refractivity contribution in [3.63, 3.8) is 0 Å². The summed E-state index contributed by atoms with van der Waals surface area (Å²) in [5, 5.41) is 3.39. The number of rotatable bonds is 2. The quantitative estimate of drug-likeness (QED) is 0.798. The van der Waals surface area contributed by atoms with Crippen LogP contribution in [-0.4, -0.2) is 68.7 Å². The Morgan fingerprint density at radius 2 is 2.00 bits per heavy atom. The Morgan fingerprint density at radius 1 is 1.27 bits per heavy atom. The molecule has 26 heavy (non-hydrogen) atoms. The smallest absolute Gasteiger partial charge is 0.285 e. The molecule has 0 aliphatic carbocycles. The molecule has 2 atom stereocenters. The number of nitrogens with zero attached hydrogens (tertiary/aromatic N) is 3. The molecule has 1 amide bonds. The standard InChI is InChI=1S/C17H22N4O3S.ClH/c1-20(17-14-4-2-3-5-15(14)25(23,24)19-17)11-16(22)21-12-6-7-13(21)10-18-9-8-12;/h2-5,12-13,18H,6-11H2,1H3;1H. The molecule has 1 aromatic rings. The van der Waals surface area contributed by atoms with Crippen LogP contribution < -0.4 is 5.32 Å². The fourth-order valence-corrected chi connectivity index (χ4v) is 5.36. The molecule has 0 aromatic heterocycles. The van der Waals surface area contributed by atoms with E-state index in [1.807, 2.05) is 4.90 Å². The molecular formula is C17H23ClN4O3S. The maximum Gasteiger partial charge on any atom is 0.285 e. The number of amides is 1. The highest BCUT2D eigenvalue weighted by Crippen LogP contribution is 2.29. The topological polar surface area (TPSA) is 82.1 Å². The number of benzene rings is 1. The second-order valence-electron chi connectivity index (χ2n) is 6.92. The molecule has 4 rings (SSSR count). The van der Waals surface area contributed by atoms with Crippen LogP contribution in [0, 0.1) is 0 Å². The largest absolute Gasteiger partial charge is 0.349 e. The lowest BCUT2D eigenvalue weighted by atomic mass is 10.1. The van der Waals surface area contributed by atoms with Crippen molar-refractivity contribution in [3.05, 3.63) is 29.8 Å². The number of nitrogens with one attached hydrogen (secondary N) is 1. The summed E-state index contributed by atoms with van der Waals surface area (Å²) >= 11 is 0. The average molecular weight is 399 g/mol. The molecule has 2 unspecified atom stereocenters. The Labute approximate surface area is 159 Å². The van der Waals surface area contributed by atoms with E-state index in [1.165, 1.54) is 0 Å². The van der Waals surface area contributed by atoms with Gasteiger partial charge in [-0.2, -0.15) is 8.42 Å². The predicted octanol–water partition coefficient (Wildman–Crippen LogP) is 0.842. The Hall–Kier alpha value is -1.64. The van der Waals surface area contributed by atoms with Crippen molar-refractivity contribution < 1.29 is 13.2 Å². The van der Waals surface area contributed by atoms with Gasteiger partial charge in [0.1, 0.15) is 4.90 Å². The van der Waals surface area contributed by atoms with Crippen molar-refractivity contribution >= 4 is 34.2 Å². The number of hydrogen-bond donors (Lipinski definition) is 1. The Bertz CT molecular complexity index is 828. The van der Waals surface area contributed by atoms with Crippen LogP contribution >= 0.6 is 12.4 Å². The summed E-state index contributed by atoms with van der Waals surface area (Å²) in [5.41, 5.74) is 0.568. The minimum Gasteiger partial charge on any atom is -0.349 e. The van der Waals surface area contributed by atoms with E-state index in [1.54, 1.807) is 36.2 Å². The van der Waals surface area contributed by atoms with Gasteiger partial charge in [-0.3, -0.25) is 4.79 Å². The lowest BCUT2D eigenvalue weighted by molar-refractivity contribution is -0.133. The minimum absolute atomic E-state index is 0. The van der Waals surface area contributed by atoms with Crippen molar-refractivity contribution in [2.24, 2.45) is 4.40 Å². The van der Waals surface area contributed by atoms with E-state index in [-0.39, 0.29) is 35.8 Å². The zero-order valence-electron chi connectivity index (χ0n) is 14.6. The predicted molar refractivity (Wildman–Crippen MR) is 101 cm³/mol. The Morgan fingerprint density at radius 3 is 2.81 bits per heavy atom. The van der Waals surface area contributed by atoms with E-state index in [2.05, 4.69) is 9.71 Å². The Kier molecular flexibility index (Phi) is 5.28. The van der Waals surface area contributed by atoms with Gasteiger partial charge >= 0.3 is 0 Å². The van der Waals surface area contributed by atoms with Crippen LogP contribution in [0.4, 0.5) is 0 Å². The monoisotopic (exact) mass is 398 g/mol. The van der Waals surface area contributed by atoms with E-state index < -0.39 is 10.0 Å². The second-order valence-corrected chi connectivity index (χ2v) is 8.49. The molecule has 0 spiro atoms. The molecule has 7 nitrogen and oxygen atoms in total. The van der Waals surface area contributed by atoms with Crippen LogP contribution in [0.25, 0.3) is 0 Å². The summed E-state index contributed by atoms with van der Waals surface area (Å²) < 4.78 is 28.3. The van der Waals surface area contributed by atoms with Gasteiger partial charge in [-0.1, -0.05) is 12.1 Å². The van der Waals surface area contributed by atoms with Crippen molar-refractivity contribution in [1.29, 1.82) is 0 Å². The number of carbonyl (C=O) groups is 1. The molecule has 9 heteroatoms. The van der Waals surface area contributed by atoms with E-state index in [9.17, 15) is 13.2 Å². The average Bonchev–Trinajstić information content (AvgIpc) is 3.00. The molecule has 142 valence electrons. The molecule has 2 fully saturated rings. The number of likely N-dealkylation sites (N-methyl/N-ethyl adjacent to an activating group) is 1. The molecule has 2 bridgehead atoms. The van der Waals surface area contributed by atoms with E-state index in [0.29, 0.717) is 17.4 Å². The zero-order chi connectivity index (χ0) is 17.6. The number of hydrogen-bond acceptors (Lipinski definition) is 5. The molecule has 1 N–H and O–H groups in total. The van der Waals surface area contributed by atoms with Crippen LogP contribution in [-0.2, 0) is 14.8 Å². The van der Waals surface area contributed by atoms with Crippen LogP contribution in [0.5, 0.6) is 0 Å². The maximum atomic E-state index is 12.9. The number of fused-ring (bicyclic) bond motifs is 3. The molecule has 2 saturated heterocycles. The lowest BCUT2D eigenvalue weighted by Gasteiger charge is -2.30. The highest BCUT2D eigenvalue weighted by Gasteiger charge is 2.39. The highest BCUT2D eigenvalue weighted by molar-refractivity contribution is 7.90. The SMILES string of the molecule is CN(CC(=O)N1C2CCNCC1CC2)C1=NS(=O)(=O)c2ccccc21.Cl. The highest BCUT2D eigenvalue weighted by atomic mass is 35.5. The molecule has 3 heterocycles. The first-order chi connectivity index (χ1) is 12.0. The summed E-state index contributed by atoms with van der Waals surface area (Å²) in [6.45, 7) is 1.92. The third kappa shape index (κ3) is 3.21. The summed E-state index contributed by atoms with van der Waals surface area (Å²) in [5.74, 6) is 0.396. The summed E-state index contributed by atoms with van der Waals surface area (Å²) in [4.78, 5) is 16.8. The van der Waals surface area contributed by atoms with Crippen LogP contribution in [0.1, 0.15) is 24.8 Å². The van der Waals surface area contributed by atoms with Gasteiger partial charge < -0.3 is 15.1 Å². The summed E-state index contributed by atoms with van der Waals surface area (Å²) in [7, 11) is -1.94. The van der Waals surface area contributed by atoms with Gasteiger partial charge in [0.05, 0.1) is 6.54 Å². The van der Waals surface area contributed by atoms with Gasteiger partial charge in [0.2, 0.25) is 5.91 Å². The van der Waals surface area contributed by atoms with Crippen molar-refractivity contribution in [1.82, 2.24) is 15.1 Å². The van der Waals surface area contributed by atoms with Gasteiger partial charge in [0.25, 0.3) is 10.0 Å². The number of carbonyl (C=O) groups excluding carboxylic acids is 1. The third-order valence-electron chi connectivity index (χ3n) is 5.29. The first-order valence-corrected chi connectivity index (χ1v) is 10.1. The molecule has 3 aliphatic rings. The first-order valence-electron chi connectivity index (χ1n) is 8.65. The van der Waals surface area contributed by atoms with Gasteiger partial charge in [-0.05, 0) is 37.9 Å². The van der Waals surface area contributed by atoms with Crippen LogP contribution in [0.3, 0.4) is 0 Å². The molecule has 0 saturated carbocycles. The molecule has 3 aliphatic heterocycles. The van der Waals surface area contributed by atoms with E-state index in [4.69, 9.17) is 0 Å².